The molecule has 0 unspecified atom stereocenters. The molecular weight excluding hydrogens is 324 g/mol. The normalized spacial score (nSPS) is 10.8. The van der Waals surface area contributed by atoms with E-state index in [1.54, 1.807) is 13.2 Å². The van der Waals surface area contributed by atoms with E-state index >= 15 is 0 Å². The minimum atomic E-state index is -0.381. The molecule has 0 spiro atoms. The van der Waals surface area contributed by atoms with Gasteiger partial charge in [-0.25, -0.2) is 10.4 Å². The average molecular weight is 338 g/mol. The third kappa shape index (κ3) is 4.44. The van der Waals surface area contributed by atoms with Gasteiger partial charge in [-0.15, -0.1) is 0 Å². The largest absolute Gasteiger partial charge is 0.497 e. The number of ether oxygens (including phenoxy) is 1. The Morgan fingerprint density at radius 3 is 3.12 bits per heavy atom. The lowest BCUT2D eigenvalue weighted by molar-refractivity contribution is -0.120. The fraction of sp³-hybridized carbons (Fsp3) is 0.125. The molecule has 0 fully saturated rings. The summed E-state index contributed by atoms with van der Waals surface area (Å²) in [4.78, 5) is 23.9. The molecule has 0 aliphatic rings. The van der Waals surface area contributed by atoms with Gasteiger partial charge in [0.1, 0.15) is 17.9 Å². The standard InChI is InChI=1S/C16H14N6O3/c1-24-12-4-2-3-11(7-12)9-19-21-14(23)8-15-20-16(22-25-15)13-10-17-5-6-18-13/h2-7,9-10H,8H2,1H3,(H,21,23). The van der Waals surface area contributed by atoms with E-state index in [1.807, 2.05) is 18.2 Å². The van der Waals surface area contributed by atoms with Gasteiger partial charge >= 0.3 is 0 Å². The summed E-state index contributed by atoms with van der Waals surface area (Å²) < 4.78 is 10.1. The van der Waals surface area contributed by atoms with Crippen LogP contribution in [0.1, 0.15) is 11.5 Å². The van der Waals surface area contributed by atoms with Crippen molar-refractivity contribution >= 4 is 12.1 Å². The van der Waals surface area contributed by atoms with Crippen molar-refractivity contribution in [1.29, 1.82) is 0 Å². The highest BCUT2D eigenvalue weighted by Gasteiger charge is 2.13. The fourth-order valence-corrected chi connectivity index (χ4v) is 1.92. The summed E-state index contributed by atoms with van der Waals surface area (Å²) in [5.41, 5.74) is 3.66. The Morgan fingerprint density at radius 1 is 1.40 bits per heavy atom. The van der Waals surface area contributed by atoms with Crippen molar-refractivity contribution in [3.05, 3.63) is 54.3 Å². The van der Waals surface area contributed by atoms with Crippen LogP contribution in [0.5, 0.6) is 5.75 Å². The van der Waals surface area contributed by atoms with Gasteiger partial charge in [0.05, 0.1) is 19.5 Å². The van der Waals surface area contributed by atoms with Crippen LogP contribution < -0.4 is 10.2 Å². The molecule has 3 aromatic rings. The van der Waals surface area contributed by atoms with E-state index in [1.165, 1.54) is 24.8 Å². The molecule has 3 rings (SSSR count). The van der Waals surface area contributed by atoms with Crippen molar-refractivity contribution in [3.8, 4) is 17.3 Å². The molecule has 9 heteroatoms. The molecule has 0 radical (unpaired) electrons. The van der Waals surface area contributed by atoms with Crippen LogP contribution in [-0.2, 0) is 11.2 Å². The van der Waals surface area contributed by atoms with Crippen LogP contribution in [0.2, 0.25) is 0 Å². The summed E-state index contributed by atoms with van der Waals surface area (Å²) >= 11 is 0. The summed E-state index contributed by atoms with van der Waals surface area (Å²) in [6, 6.07) is 7.28. The topological polar surface area (TPSA) is 115 Å². The highest BCUT2D eigenvalue weighted by Crippen LogP contribution is 2.11. The maximum atomic E-state index is 11.9. The monoisotopic (exact) mass is 338 g/mol. The van der Waals surface area contributed by atoms with Crippen LogP contribution in [0.15, 0.2) is 52.5 Å². The summed E-state index contributed by atoms with van der Waals surface area (Å²) in [7, 11) is 1.58. The van der Waals surface area contributed by atoms with Crippen molar-refractivity contribution in [3.63, 3.8) is 0 Å². The van der Waals surface area contributed by atoms with Gasteiger partial charge in [0.2, 0.25) is 17.6 Å². The van der Waals surface area contributed by atoms with E-state index in [0.717, 1.165) is 5.56 Å². The smallest absolute Gasteiger partial charge is 0.249 e. The second-order valence-electron chi connectivity index (χ2n) is 4.85. The molecule has 2 aromatic heterocycles. The maximum Gasteiger partial charge on any atom is 0.249 e. The molecule has 0 atom stereocenters. The zero-order chi connectivity index (χ0) is 17.5. The van der Waals surface area contributed by atoms with Gasteiger partial charge < -0.3 is 9.26 Å². The molecule has 0 saturated heterocycles. The van der Waals surface area contributed by atoms with Crippen molar-refractivity contribution in [2.45, 2.75) is 6.42 Å². The summed E-state index contributed by atoms with van der Waals surface area (Å²) in [5, 5.41) is 7.65. The van der Waals surface area contributed by atoms with E-state index in [2.05, 4.69) is 30.6 Å². The van der Waals surface area contributed by atoms with Gasteiger partial charge in [-0.1, -0.05) is 17.3 Å². The molecule has 1 amide bonds. The molecule has 0 aliphatic heterocycles. The highest BCUT2D eigenvalue weighted by atomic mass is 16.5. The van der Waals surface area contributed by atoms with Crippen LogP contribution in [-0.4, -0.2) is 39.3 Å². The zero-order valence-electron chi connectivity index (χ0n) is 13.3. The number of nitrogens with one attached hydrogen (secondary N) is 1. The van der Waals surface area contributed by atoms with E-state index < -0.39 is 0 Å². The Morgan fingerprint density at radius 2 is 2.32 bits per heavy atom. The molecule has 126 valence electrons. The van der Waals surface area contributed by atoms with Crippen molar-refractivity contribution in [2.75, 3.05) is 7.11 Å². The number of aromatic nitrogens is 4. The molecule has 2 heterocycles. The number of nitrogens with zero attached hydrogens (tertiary/aromatic N) is 5. The van der Waals surface area contributed by atoms with Gasteiger partial charge in [0, 0.05) is 12.4 Å². The zero-order valence-corrected chi connectivity index (χ0v) is 13.3. The van der Waals surface area contributed by atoms with Crippen LogP contribution in [0.4, 0.5) is 0 Å². The Balaban J connectivity index is 1.56. The second-order valence-corrected chi connectivity index (χ2v) is 4.85. The molecule has 1 N–H and O–H groups in total. The number of hydrogen-bond donors (Lipinski definition) is 1. The number of carbonyl (C=O) groups excluding carboxylic acids is 1. The van der Waals surface area contributed by atoms with Gasteiger partial charge in [0.25, 0.3) is 0 Å². The third-order valence-electron chi connectivity index (χ3n) is 3.07. The Hall–Kier alpha value is -3.62. The number of amides is 1. The molecule has 9 nitrogen and oxygen atoms in total. The first-order valence-electron chi connectivity index (χ1n) is 7.29. The minimum absolute atomic E-state index is 0.0945. The van der Waals surface area contributed by atoms with Crippen LogP contribution in [0.3, 0.4) is 0 Å². The quantitative estimate of drug-likeness (QED) is 0.531. The average Bonchev–Trinajstić information content (AvgIpc) is 3.11. The lowest BCUT2D eigenvalue weighted by atomic mass is 10.2. The Kier molecular flexibility index (Phi) is 5.05. The number of carbonyl (C=O) groups is 1. The van der Waals surface area contributed by atoms with Gasteiger partial charge in [-0.3, -0.25) is 9.78 Å². The number of benzene rings is 1. The number of rotatable bonds is 6. The van der Waals surface area contributed by atoms with Crippen molar-refractivity contribution in [2.24, 2.45) is 5.10 Å². The van der Waals surface area contributed by atoms with E-state index in [-0.39, 0.29) is 24.0 Å². The molecule has 1 aromatic carbocycles. The number of hydrazone groups is 1. The predicted octanol–water partition coefficient (Wildman–Crippen LogP) is 1.23. The lowest BCUT2D eigenvalue weighted by Crippen LogP contribution is -2.19. The Bertz CT molecular complexity index is 878. The number of methoxy groups -OCH3 is 1. The maximum absolute atomic E-state index is 11.9. The van der Waals surface area contributed by atoms with Crippen LogP contribution in [0, 0.1) is 0 Å². The predicted molar refractivity (Wildman–Crippen MR) is 87.8 cm³/mol. The van der Waals surface area contributed by atoms with Gasteiger partial charge in [-0.2, -0.15) is 10.1 Å². The molecule has 0 bridgehead atoms. The number of hydrogen-bond acceptors (Lipinski definition) is 8. The lowest BCUT2D eigenvalue weighted by Gasteiger charge is -2.00. The molecule has 0 saturated carbocycles. The molecular formula is C16H14N6O3. The molecule has 0 aliphatic carbocycles. The van der Waals surface area contributed by atoms with E-state index in [0.29, 0.717) is 11.4 Å². The Labute approximate surface area is 142 Å². The van der Waals surface area contributed by atoms with Gasteiger partial charge in [0.15, 0.2) is 0 Å². The summed E-state index contributed by atoms with van der Waals surface area (Å²) in [6.07, 6.45) is 5.98. The fourth-order valence-electron chi connectivity index (χ4n) is 1.92. The first-order chi connectivity index (χ1) is 12.2. The summed E-state index contributed by atoms with van der Waals surface area (Å²) in [5.74, 6) is 0.761. The van der Waals surface area contributed by atoms with Crippen molar-refractivity contribution in [1.82, 2.24) is 25.5 Å². The van der Waals surface area contributed by atoms with E-state index in [9.17, 15) is 4.79 Å². The minimum Gasteiger partial charge on any atom is -0.497 e. The van der Waals surface area contributed by atoms with Crippen LogP contribution >= 0.6 is 0 Å². The summed E-state index contributed by atoms with van der Waals surface area (Å²) in [6.45, 7) is 0. The highest BCUT2D eigenvalue weighted by molar-refractivity contribution is 5.83. The van der Waals surface area contributed by atoms with Crippen LogP contribution in [0.25, 0.3) is 11.5 Å². The van der Waals surface area contributed by atoms with Crippen molar-refractivity contribution < 1.29 is 14.1 Å². The second kappa shape index (κ2) is 7.77. The molecule has 25 heavy (non-hydrogen) atoms. The van der Waals surface area contributed by atoms with E-state index in [4.69, 9.17) is 9.26 Å². The first-order valence-corrected chi connectivity index (χ1v) is 7.29. The first kappa shape index (κ1) is 16.2. The SMILES string of the molecule is COc1cccc(C=NNC(=O)Cc2nc(-c3cnccn3)no2)c1. The third-order valence-corrected chi connectivity index (χ3v) is 3.07. The van der Waals surface area contributed by atoms with Gasteiger partial charge in [-0.05, 0) is 17.7 Å².